The van der Waals surface area contributed by atoms with E-state index in [-0.39, 0.29) is 12.5 Å². The summed E-state index contributed by atoms with van der Waals surface area (Å²) in [6, 6.07) is 11.3. The molecule has 0 spiro atoms. The van der Waals surface area contributed by atoms with Crippen LogP contribution in [-0.4, -0.2) is 28.5 Å². The minimum atomic E-state index is -0.448. The first-order valence-electron chi connectivity index (χ1n) is 8.59. The second kappa shape index (κ2) is 6.63. The van der Waals surface area contributed by atoms with E-state index in [1.54, 1.807) is 29.1 Å². The second-order valence-corrected chi connectivity index (χ2v) is 6.42. The molecule has 1 heterocycles. The topological polar surface area (TPSA) is 73.2 Å². The van der Waals surface area contributed by atoms with Crippen LogP contribution in [-0.2, 0) is 28.9 Å². The van der Waals surface area contributed by atoms with Crippen LogP contribution in [0.15, 0.2) is 42.7 Å². The van der Waals surface area contributed by atoms with Crippen molar-refractivity contribution in [3.05, 3.63) is 59.4 Å². The smallest absolute Gasteiger partial charge is 0.340 e. The highest BCUT2D eigenvalue weighted by atomic mass is 16.5. The van der Waals surface area contributed by atoms with E-state index in [1.165, 1.54) is 24.7 Å². The predicted octanol–water partition coefficient (Wildman–Crippen LogP) is 2.95. The monoisotopic (exact) mass is 349 g/mol. The number of benzene rings is 2. The predicted molar refractivity (Wildman–Crippen MR) is 98.2 cm³/mol. The van der Waals surface area contributed by atoms with Gasteiger partial charge in [0, 0.05) is 5.69 Å². The lowest BCUT2D eigenvalue weighted by Crippen LogP contribution is -2.19. The Hall–Kier alpha value is -3.15. The number of hydrogen-bond acceptors (Lipinski definition) is 4. The zero-order chi connectivity index (χ0) is 18.1. The van der Waals surface area contributed by atoms with Gasteiger partial charge in [-0.05, 0) is 54.7 Å². The van der Waals surface area contributed by atoms with Gasteiger partial charge in [-0.15, -0.1) is 0 Å². The van der Waals surface area contributed by atoms with Crippen LogP contribution in [0.2, 0.25) is 0 Å². The number of carbonyl (C=O) groups is 2. The Balaban J connectivity index is 1.57. The number of carbonyl (C=O) groups excluding carboxylic acids is 2. The van der Waals surface area contributed by atoms with Gasteiger partial charge in [0.2, 0.25) is 5.91 Å². The van der Waals surface area contributed by atoms with E-state index < -0.39 is 5.97 Å². The third-order valence-corrected chi connectivity index (χ3v) is 4.74. The molecule has 0 saturated carbocycles. The van der Waals surface area contributed by atoms with Gasteiger partial charge in [0.15, 0.2) is 0 Å². The first-order chi connectivity index (χ1) is 12.7. The molecule has 4 rings (SSSR count). The Morgan fingerprint density at radius 1 is 1.19 bits per heavy atom. The molecular weight excluding hydrogens is 330 g/mol. The molecule has 6 nitrogen and oxygen atoms in total. The third kappa shape index (κ3) is 2.94. The zero-order valence-corrected chi connectivity index (χ0v) is 14.5. The maximum atomic E-state index is 12.5. The first kappa shape index (κ1) is 16.3. The number of nitrogens with one attached hydrogen (secondary N) is 1. The average Bonchev–Trinajstić information content (AvgIpc) is 3.27. The highest BCUT2D eigenvalue weighted by Crippen LogP contribution is 2.25. The van der Waals surface area contributed by atoms with Gasteiger partial charge in [-0.25, -0.2) is 9.78 Å². The van der Waals surface area contributed by atoms with Crippen molar-refractivity contribution in [3.63, 3.8) is 0 Å². The second-order valence-electron chi connectivity index (χ2n) is 6.42. The fourth-order valence-corrected chi connectivity index (χ4v) is 3.53. The van der Waals surface area contributed by atoms with E-state index in [2.05, 4.69) is 16.4 Å². The van der Waals surface area contributed by atoms with Gasteiger partial charge in [-0.3, -0.25) is 4.79 Å². The van der Waals surface area contributed by atoms with Crippen LogP contribution in [0.25, 0.3) is 11.0 Å². The van der Waals surface area contributed by atoms with Gasteiger partial charge in [0.1, 0.15) is 6.54 Å². The number of imidazole rings is 1. The van der Waals surface area contributed by atoms with Crippen molar-refractivity contribution in [2.75, 3.05) is 12.4 Å². The molecule has 0 atom stereocenters. The molecule has 0 bridgehead atoms. The van der Waals surface area contributed by atoms with Gasteiger partial charge < -0.3 is 14.6 Å². The molecule has 26 heavy (non-hydrogen) atoms. The summed E-state index contributed by atoms with van der Waals surface area (Å²) in [6.45, 7) is 0.0710. The van der Waals surface area contributed by atoms with Gasteiger partial charge in [-0.2, -0.15) is 0 Å². The number of fused-ring (bicyclic) bond motifs is 2. The van der Waals surface area contributed by atoms with Crippen molar-refractivity contribution in [1.29, 1.82) is 0 Å². The quantitative estimate of drug-likeness (QED) is 0.735. The molecule has 0 fully saturated rings. The number of rotatable bonds is 4. The summed E-state index contributed by atoms with van der Waals surface area (Å²) >= 11 is 0. The minimum Gasteiger partial charge on any atom is -0.465 e. The van der Waals surface area contributed by atoms with E-state index in [4.69, 9.17) is 4.74 Å². The van der Waals surface area contributed by atoms with Crippen LogP contribution in [0.3, 0.4) is 0 Å². The van der Waals surface area contributed by atoms with Crippen LogP contribution in [0.1, 0.15) is 27.9 Å². The molecule has 132 valence electrons. The van der Waals surface area contributed by atoms with Crippen molar-refractivity contribution in [3.8, 4) is 0 Å². The molecule has 1 N–H and O–H groups in total. The van der Waals surface area contributed by atoms with E-state index in [1.807, 2.05) is 12.1 Å². The molecule has 0 radical (unpaired) electrons. The molecule has 1 aliphatic rings. The highest BCUT2D eigenvalue weighted by Gasteiger charge is 2.17. The number of aromatic nitrogens is 2. The fourth-order valence-electron chi connectivity index (χ4n) is 3.53. The number of nitrogens with zero attached hydrogens (tertiary/aromatic N) is 2. The van der Waals surface area contributed by atoms with Crippen LogP contribution >= 0.6 is 0 Å². The standard InChI is InChI=1S/C20H19N3O3/c1-26-20(25)16-6-3-7-17-19(16)23(12-21-17)11-18(24)22-15-9-8-13-4-2-5-14(13)10-15/h3,6-10,12H,2,4-5,11H2,1H3,(H,22,24). The van der Waals surface area contributed by atoms with Gasteiger partial charge in [-0.1, -0.05) is 12.1 Å². The van der Waals surface area contributed by atoms with E-state index >= 15 is 0 Å². The number of aryl methyl sites for hydroxylation is 2. The Labute approximate surface area is 150 Å². The maximum Gasteiger partial charge on any atom is 0.340 e. The Morgan fingerprint density at radius 3 is 2.88 bits per heavy atom. The van der Waals surface area contributed by atoms with Crippen LogP contribution < -0.4 is 5.32 Å². The summed E-state index contributed by atoms with van der Waals surface area (Å²) < 4.78 is 6.50. The Bertz CT molecular complexity index is 1010. The molecule has 1 aromatic heterocycles. The van der Waals surface area contributed by atoms with Crippen molar-refractivity contribution in [2.24, 2.45) is 0 Å². The lowest BCUT2D eigenvalue weighted by Gasteiger charge is -2.10. The largest absolute Gasteiger partial charge is 0.465 e. The average molecular weight is 349 g/mol. The van der Waals surface area contributed by atoms with Crippen molar-refractivity contribution in [1.82, 2.24) is 9.55 Å². The van der Waals surface area contributed by atoms with Gasteiger partial charge in [0.05, 0.1) is 30.0 Å². The number of hydrogen-bond donors (Lipinski definition) is 1. The molecule has 1 aliphatic carbocycles. The number of ether oxygens (including phenoxy) is 1. The number of anilines is 1. The van der Waals surface area contributed by atoms with E-state index in [0.29, 0.717) is 16.6 Å². The Kier molecular flexibility index (Phi) is 4.16. The summed E-state index contributed by atoms with van der Waals surface area (Å²) in [6.07, 6.45) is 4.91. The molecule has 1 amide bonds. The maximum absolute atomic E-state index is 12.5. The lowest BCUT2D eigenvalue weighted by molar-refractivity contribution is -0.116. The van der Waals surface area contributed by atoms with Gasteiger partial charge in [0.25, 0.3) is 0 Å². The minimum absolute atomic E-state index is 0.0710. The summed E-state index contributed by atoms with van der Waals surface area (Å²) in [5, 5.41) is 2.93. The van der Waals surface area contributed by atoms with E-state index in [0.717, 1.165) is 18.5 Å². The summed E-state index contributed by atoms with van der Waals surface area (Å²) in [5.74, 6) is -0.613. The van der Waals surface area contributed by atoms with Crippen LogP contribution in [0.5, 0.6) is 0 Å². The molecule has 0 saturated heterocycles. The summed E-state index contributed by atoms with van der Waals surface area (Å²) in [7, 11) is 1.34. The molecule has 0 unspecified atom stereocenters. The Morgan fingerprint density at radius 2 is 2.04 bits per heavy atom. The summed E-state index contributed by atoms with van der Waals surface area (Å²) in [4.78, 5) is 28.8. The third-order valence-electron chi connectivity index (χ3n) is 4.74. The van der Waals surface area contributed by atoms with Crippen molar-refractivity contribution < 1.29 is 14.3 Å². The fraction of sp³-hybridized carbons (Fsp3) is 0.250. The SMILES string of the molecule is COC(=O)c1cccc2ncn(CC(=O)Nc3ccc4c(c3)CCC4)c12. The van der Waals surface area contributed by atoms with Gasteiger partial charge >= 0.3 is 5.97 Å². The van der Waals surface area contributed by atoms with Crippen molar-refractivity contribution in [2.45, 2.75) is 25.8 Å². The number of para-hydroxylation sites is 1. The lowest BCUT2D eigenvalue weighted by atomic mass is 10.1. The molecular formula is C20H19N3O3. The van der Waals surface area contributed by atoms with Crippen LogP contribution in [0.4, 0.5) is 5.69 Å². The number of methoxy groups -OCH3 is 1. The highest BCUT2D eigenvalue weighted by molar-refractivity contribution is 6.02. The zero-order valence-electron chi connectivity index (χ0n) is 14.5. The van der Waals surface area contributed by atoms with Crippen LogP contribution in [0, 0.1) is 0 Å². The van der Waals surface area contributed by atoms with Crippen molar-refractivity contribution >= 4 is 28.6 Å². The molecule has 3 aromatic rings. The molecule has 6 heteroatoms. The molecule has 0 aliphatic heterocycles. The number of amides is 1. The summed E-state index contributed by atoms with van der Waals surface area (Å²) in [5.41, 5.74) is 5.12. The first-order valence-corrected chi connectivity index (χ1v) is 8.59. The normalized spacial score (nSPS) is 12.8. The molecule has 2 aromatic carbocycles. The van der Waals surface area contributed by atoms with E-state index in [9.17, 15) is 9.59 Å². The number of esters is 1.